The number of aliphatic hydroxyl groups is 1. The van der Waals surface area contributed by atoms with Gasteiger partial charge in [-0.3, -0.25) is 9.78 Å². The van der Waals surface area contributed by atoms with Gasteiger partial charge in [-0.05, 0) is 43.7 Å². The summed E-state index contributed by atoms with van der Waals surface area (Å²) in [4.78, 5) is 15.0. The number of hydrogen-bond donors (Lipinski definition) is 1. The van der Waals surface area contributed by atoms with E-state index in [4.69, 9.17) is 10.1 Å². The van der Waals surface area contributed by atoms with Gasteiger partial charge in [0.05, 0.1) is 11.3 Å². The number of rotatable bonds is 2. The number of para-hydroxylation sites is 1. The van der Waals surface area contributed by atoms with E-state index in [1.54, 1.807) is 11.3 Å². The molecule has 0 aliphatic carbocycles. The first-order chi connectivity index (χ1) is 14.9. The van der Waals surface area contributed by atoms with Crippen molar-refractivity contribution in [3.63, 3.8) is 0 Å². The van der Waals surface area contributed by atoms with Gasteiger partial charge in [-0.1, -0.05) is 46.8 Å². The number of pyridine rings is 1. The fourth-order valence-electron chi connectivity index (χ4n) is 3.65. The van der Waals surface area contributed by atoms with E-state index in [2.05, 4.69) is 73.0 Å². The molecule has 1 radical (unpaired) electrons. The van der Waals surface area contributed by atoms with Crippen LogP contribution >= 0.6 is 11.3 Å². The summed E-state index contributed by atoms with van der Waals surface area (Å²) in [6.07, 6.45) is 1.17. The minimum absolute atomic E-state index is 0. The van der Waals surface area contributed by atoms with E-state index in [1.807, 2.05) is 6.07 Å². The molecule has 0 amide bonds. The summed E-state index contributed by atoms with van der Waals surface area (Å²) in [7, 11) is 0. The number of nitrogens with zero attached hydrogens (tertiary/aromatic N) is 1. The molecule has 0 saturated heterocycles. The second kappa shape index (κ2) is 10.2. The maximum absolute atomic E-state index is 10.0. The third-order valence-corrected chi connectivity index (χ3v) is 5.93. The molecule has 0 fully saturated rings. The van der Waals surface area contributed by atoms with Gasteiger partial charge in [0.25, 0.3) is 0 Å². The molecule has 2 aromatic heterocycles. The molecule has 0 atom stereocenters. The van der Waals surface area contributed by atoms with Crippen molar-refractivity contribution in [1.82, 2.24) is 4.98 Å². The fourth-order valence-corrected chi connectivity index (χ4v) is 4.58. The summed E-state index contributed by atoms with van der Waals surface area (Å²) in [6, 6.07) is 24.8. The molecule has 1 N–H and O–H groups in total. The van der Waals surface area contributed by atoms with Gasteiger partial charge in [0, 0.05) is 42.0 Å². The summed E-state index contributed by atoms with van der Waals surface area (Å²) >= 11 is 1.78. The first-order valence-electron chi connectivity index (χ1n) is 10.00. The molecule has 163 valence electrons. The molecule has 0 spiro atoms. The number of aliphatic hydroxyl groups excluding tert-OH is 1. The number of aromatic nitrogens is 1. The van der Waals surface area contributed by atoms with Crippen molar-refractivity contribution in [3.05, 3.63) is 89.5 Å². The normalized spacial score (nSPS) is 11.2. The molecule has 0 unspecified atom stereocenters. The first kappa shape index (κ1) is 23.8. The van der Waals surface area contributed by atoms with Crippen LogP contribution in [0.25, 0.3) is 43.0 Å². The number of allylic oxidation sites excluding steroid dienone is 2. The van der Waals surface area contributed by atoms with E-state index < -0.39 is 0 Å². The van der Waals surface area contributed by atoms with Crippen LogP contribution in [0.1, 0.15) is 19.4 Å². The first-order valence-corrected chi connectivity index (χ1v) is 10.9. The van der Waals surface area contributed by atoms with E-state index in [1.165, 1.54) is 46.3 Å². The Morgan fingerprint density at radius 1 is 0.969 bits per heavy atom. The predicted octanol–water partition coefficient (Wildman–Crippen LogP) is 7.41. The van der Waals surface area contributed by atoms with Gasteiger partial charge in [-0.15, -0.1) is 41.0 Å². The van der Waals surface area contributed by atoms with Crippen LogP contribution in [-0.4, -0.2) is 15.9 Å². The summed E-state index contributed by atoms with van der Waals surface area (Å²) in [5, 5.41) is 15.3. The third-order valence-electron chi connectivity index (χ3n) is 4.98. The van der Waals surface area contributed by atoms with Gasteiger partial charge >= 0.3 is 0 Å². The second-order valence-electron chi connectivity index (χ2n) is 7.45. The third kappa shape index (κ3) is 4.96. The molecule has 3 nitrogen and oxygen atoms in total. The second-order valence-corrected chi connectivity index (χ2v) is 8.36. The van der Waals surface area contributed by atoms with Crippen LogP contribution in [0.3, 0.4) is 0 Å². The number of thiophene rings is 1. The summed E-state index contributed by atoms with van der Waals surface area (Å²) < 4.78 is 1.30. The van der Waals surface area contributed by atoms with Crippen molar-refractivity contribution in [3.8, 4) is 11.3 Å². The molecule has 0 aliphatic heterocycles. The molecular weight excluding hydrogens is 595 g/mol. The number of aryl methyl sites for hydroxylation is 1. The maximum atomic E-state index is 10.0. The molecule has 5 aromatic rings. The van der Waals surface area contributed by atoms with Crippen molar-refractivity contribution >= 4 is 48.9 Å². The Kier molecular flexibility index (Phi) is 7.57. The van der Waals surface area contributed by atoms with Crippen LogP contribution in [0.5, 0.6) is 0 Å². The van der Waals surface area contributed by atoms with Crippen LogP contribution < -0.4 is 0 Å². The molecule has 0 aliphatic rings. The Morgan fingerprint density at radius 2 is 1.75 bits per heavy atom. The molecule has 2 heterocycles. The predicted molar refractivity (Wildman–Crippen MR) is 131 cm³/mol. The van der Waals surface area contributed by atoms with Crippen molar-refractivity contribution in [2.24, 2.45) is 0 Å². The average Bonchev–Trinajstić information content (AvgIpc) is 3.23. The number of hydrogen-bond acceptors (Lipinski definition) is 4. The van der Waals surface area contributed by atoms with Gasteiger partial charge in [0.15, 0.2) is 5.78 Å². The Hall–Kier alpha value is -2.85. The largest absolute Gasteiger partial charge is 0.512 e. The van der Waals surface area contributed by atoms with Crippen LogP contribution in [0, 0.1) is 13.0 Å². The van der Waals surface area contributed by atoms with Gasteiger partial charge in [0.1, 0.15) is 0 Å². The van der Waals surface area contributed by atoms with Gasteiger partial charge in [-0.2, -0.15) is 0 Å². The molecule has 3 aromatic carbocycles. The van der Waals surface area contributed by atoms with Gasteiger partial charge < -0.3 is 5.11 Å². The van der Waals surface area contributed by atoms with E-state index in [0.29, 0.717) is 0 Å². The van der Waals surface area contributed by atoms with Crippen molar-refractivity contribution in [2.45, 2.75) is 20.8 Å². The summed E-state index contributed by atoms with van der Waals surface area (Å²) in [6.45, 7) is 4.99. The topological polar surface area (TPSA) is 50.2 Å². The quantitative estimate of drug-likeness (QED) is 0.128. The molecule has 5 rings (SSSR count). The zero-order chi connectivity index (χ0) is 22.0. The van der Waals surface area contributed by atoms with Crippen LogP contribution in [0.4, 0.5) is 0 Å². The summed E-state index contributed by atoms with van der Waals surface area (Å²) in [5.41, 5.74) is 4.40. The Labute approximate surface area is 204 Å². The Balaban J connectivity index is 0.000000318. The van der Waals surface area contributed by atoms with Crippen LogP contribution in [0.15, 0.2) is 77.9 Å². The zero-order valence-electron chi connectivity index (χ0n) is 18.0. The van der Waals surface area contributed by atoms with E-state index in [0.717, 1.165) is 22.2 Å². The van der Waals surface area contributed by atoms with E-state index >= 15 is 0 Å². The van der Waals surface area contributed by atoms with Gasteiger partial charge in [-0.25, -0.2) is 0 Å². The molecule has 5 heteroatoms. The Morgan fingerprint density at radius 3 is 2.47 bits per heavy atom. The van der Waals surface area contributed by atoms with Crippen molar-refractivity contribution < 1.29 is 30.0 Å². The monoisotopic (exact) mass is 617 g/mol. The number of carbonyl (C=O) groups is 1. The number of carbonyl (C=O) groups excluding carboxylic acids is 1. The molecule has 0 saturated carbocycles. The SMILES string of the molecule is CC(=O)/C=C(/C)O.Cc1cccc2[c-]c(-c3nc4ccccc4c4sccc34)ccc12.[Ir]. The number of benzene rings is 3. The smallest absolute Gasteiger partial charge is 0.155 e. The minimum Gasteiger partial charge on any atom is -0.512 e. The molecular formula is C27H22IrNO2S-. The minimum atomic E-state index is -0.125. The number of ketones is 1. The molecule has 32 heavy (non-hydrogen) atoms. The van der Waals surface area contributed by atoms with E-state index in [-0.39, 0.29) is 31.6 Å². The average molecular weight is 617 g/mol. The number of fused-ring (bicyclic) bond motifs is 4. The Bertz CT molecular complexity index is 1450. The van der Waals surface area contributed by atoms with Gasteiger partial charge in [0.2, 0.25) is 0 Å². The van der Waals surface area contributed by atoms with Crippen LogP contribution in [-0.2, 0) is 24.9 Å². The van der Waals surface area contributed by atoms with E-state index in [9.17, 15) is 4.79 Å². The van der Waals surface area contributed by atoms with Crippen molar-refractivity contribution in [1.29, 1.82) is 0 Å². The van der Waals surface area contributed by atoms with Crippen molar-refractivity contribution in [2.75, 3.05) is 0 Å². The maximum Gasteiger partial charge on any atom is 0.155 e. The molecule has 0 bridgehead atoms. The van der Waals surface area contributed by atoms with Crippen LogP contribution in [0.2, 0.25) is 0 Å². The standard InChI is InChI=1S/C22H14NS.C5H8O2.Ir/c1-14-5-4-6-15-13-16(9-10-17(14)15)21-19-11-12-24-22(19)18-7-2-3-8-20(18)23-21;1-4(6)3-5(2)7;/h2-12H,1H3;3,6H,1-2H3;/q-1;;/b;4-3-;. The fraction of sp³-hybridized carbons (Fsp3) is 0.111. The summed E-state index contributed by atoms with van der Waals surface area (Å²) in [5.74, 6) is -0.0625. The zero-order valence-corrected chi connectivity index (χ0v) is 21.2.